The Bertz CT molecular complexity index is 478. The summed E-state index contributed by atoms with van der Waals surface area (Å²) in [4.78, 5) is 11.0. The average Bonchev–Trinajstić information content (AvgIpc) is 2.21. The first-order valence-corrected chi connectivity index (χ1v) is 6.56. The van der Waals surface area contributed by atoms with E-state index >= 15 is 0 Å². The van der Waals surface area contributed by atoms with Gasteiger partial charge in [0.1, 0.15) is 5.75 Å². The van der Waals surface area contributed by atoms with Gasteiger partial charge in [0.05, 0.1) is 18.0 Å². The molecule has 0 bridgehead atoms. The summed E-state index contributed by atoms with van der Waals surface area (Å²) in [5.74, 6) is -0.00869. The van der Waals surface area contributed by atoms with Gasteiger partial charge < -0.3 is 9.84 Å². The molecule has 1 aromatic rings. The van der Waals surface area contributed by atoms with Gasteiger partial charge in [0, 0.05) is 5.41 Å². The van der Waals surface area contributed by atoms with Crippen LogP contribution in [0.15, 0.2) is 10.5 Å². The summed E-state index contributed by atoms with van der Waals surface area (Å²) >= 11 is 3.51. The summed E-state index contributed by atoms with van der Waals surface area (Å²) in [5, 5.41) is 9.03. The molecule has 0 unspecified atom stereocenters. The predicted octanol–water partition coefficient (Wildman–Crippen LogP) is 3.83. The lowest BCUT2D eigenvalue weighted by molar-refractivity contribution is -0.138. The van der Waals surface area contributed by atoms with Gasteiger partial charge >= 0.3 is 5.97 Å². The third-order valence-corrected chi connectivity index (χ3v) is 4.14. The number of aryl methyl sites for hydroxylation is 1. The first-order valence-electron chi connectivity index (χ1n) is 5.76. The van der Waals surface area contributed by atoms with Crippen LogP contribution < -0.4 is 4.74 Å². The maximum atomic E-state index is 11.0. The minimum atomic E-state index is -0.786. The Balaban J connectivity index is 3.42. The number of benzene rings is 1. The molecule has 0 radical (unpaired) electrons. The standard InChI is InChI=1S/C14H19BrO3/c1-8-6-10(18-5)13(15)9(2)12(8)14(3,4)7-11(16)17/h6H,7H2,1-5H3,(H,16,17). The minimum absolute atomic E-state index is 0.105. The number of rotatable bonds is 4. The smallest absolute Gasteiger partial charge is 0.304 e. The molecule has 0 spiro atoms. The van der Waals surface area contributed by atoms with Gasteiger partial charge in [0.15, 0.2) is 0 Å². The zero-order valence-corrected chi connectivity index (χ0v) is 13.0. The topological polar surface area (TPSA) is 46.5 Å². The maximum Gasteiger partial charge on any atom is 0.304 e. The fourth-order valence-electron chi connectivity index (χ4n) is 2.58. The molecule has 0 aromatic heterocycles. The number of hydrogen-bond acceptors (Lipinski definition) is 2. The molecule has 0 amide bonds. The number of halogens is 1. The van der Waals surface area contributed by atoms with Gasteiger partial charge in [-0.25, -0.2) is 0 Å². The Kier molecular flexibility index (Phi) is 4.43. The number of carboxylic acids is 1. The second kappa shape index (κ2) is 5.31. The van der Waals surface area contributed by atoms with Crippen LogP contribution in [0, 0.1) is 13.8 Å². The summed E-state index contributed by atoms with van der Waals surface area (Å²) < 4.78 is 6.18. The summed E-state index contributed by atoms with van der Waals surface area (Å²) in [6, 6.07) is 1.94. The van der Waals surface area contributed by atoms with E-state index in [4.69, 9.17) is 9.84 Å². The highest BCUT2D eigenvalue weighted by Crippen LogP contribution is 2.40. The quantitative estimate of drug-likeness (QED) is 0.918. The molecule has 0 heterocycles. The van der Waals surface area contributed by atoms with Gasteiger partial charge in [-0.3, -0.25) is 4.79 Å². The molecule has 1 aromatic carbocycles. The van der Waals surface area contributed by atoms with E-state index in [0.717, 1.165) is 26.9 Å². The van der Waals surface area contributed by atoms with Gasteiger partial charge in [-0.05, 0) is 52.5 Å². The SMILES string of the molecule is COc1cc(C)c(C(C)(C)CC(=O)O)c(C)c1Br. The van der Waals surface area contributed by atoms with E-state index in [-0.39, 0.29) is 6.42 Å². The largest absolute Gasteiger partial charge is 0.496 e. The van der Waals surface area contributed by atoms with Crippen molar-refractivity contribution in [2.24, 2.45) is 0 Å². The maximum absolute atomic E-state index is 11.0. The first-order chi connectivity index (χ1) is 8.20. The normalized spacial score (nSPS) is 11.4. The average molecular weight is 315 g/mol. The van der Waals surface area contributed by atoms with Crippen LogP contribution >= 0.6 is 15.9 Å². The molecule has 1 N–H and O–H groups in total. The molecule has 0 aliphatic rings. The summed E-state index contributed by atoms with van der Waals surface area (Å²) in [6.45, 7) is 7.88. The molecule has 3 nitrogen and oxygen atoms in total. The van der Waals surface area contributed by atoms with Crippen LogP contribution in [0.25, 0.3) is 0 Å². The monoisotopic (exact) mass is 314 g/mol. The Morgan fingerprint density at radius 3 is 2.44 bits per heavy atom. The van der Waals surface area contributed by atoms with Crippen LogP contribution in [0.1, 0.15) is 37.0 Å². The fourth-order valence-corrected chi connectivity index (χ4v) is 3.05. The van der Waals surface area contributed by atoms with E-state index in [2.05, 4.69) is 15.9 Å². The van der Waals surface area contributed by atoms with E-state index < -0.39 is 11.4 Å². The van der Waals surface area contributed by atoms with E-state index in [1.54, 1.807) is 7.11 Å². The lowest BCUT2D eigenvalue weighted by Gasteiger charge is -2.28. The van der Waals surface area contributed by atoms with Crippen molar-refractivity contribution in [3.05, 3.63) is 27.2 Å². The van der Waals surface area contributed by atoms with Crippen molar-refractivity contribution < 1.29 is 14.6 Å². The number of carboxylic acid groups (broad SMARTS) is 1. The van der Waals surface area contributed by atoms with Crippen molar-refractivity contribution in [3.8, 4) is 5.75 Å². The number of ether oxygens (including phenoxy) is 1. The second-order valence-electron chi connectivity index (χ2n) is 5.16. The molecule has 0 fully saturated rings. The molecule has 0 saturated heterocycles. The molecule has 4 heteroatoms. The van der Waals surface area contributed by atoms with Crippen LogP contribution in [0.3, 0.4) is 0 Å². The molecule has 1 rings (SSSR count). The third-order valence-electron chi connectivity index (χ3n) is 3.15. The van der Waals surface area contributed by atoms with Gasteiger partial charge in [-0.2, -0.15) is 0 Å². The zero-order valence-electron chi connectivity index (χ0n) is 11.4. The van der Waals surface area contributed by atoms with Crippen LogP contribution in [0.4, 0.5) is 0 Å². The van der Waals surface area contributed by atoms with E-state index in [9.17, 15) is 4.79 Å². The van der Waals surface area contributed by atoms with Crippen molar-refractivity contribution in [2.45, 2.75) is 39.5 Å². The van der Waals surface area contributed by atoms with Crippen LogP contribution in [-0.2, 0) is 10.2 Å². The fraction of sp³-hybridized carbons (Fsp3) is 0.500. The van der Waals surface area contributed by atoms with Gasteiger partial charge in [0.2, 0.25) is 0 Å². The molecule has 0 saturated carbocycles. The molecule has 0 aliphatic carbocycles. The van der Waals surface area contributed by atoms with E-state index in [0.29, 0.717) is 0 Å². The molecule has 100 valence electrons. The Morgan fingerprint density at radius 2 is 2.00 bits per heavy atom. The third kappa shape index (κ3) is 2.86. The highest BCUT2D eigenvalue weighted by molar-refractivity contribution is 9.10. The highest BCUT2D eigenvalue weighted by atomic mass is 79.9. The summed E-state index contributed by atoms with van der Waals surface area (Å²) in [6.07, 6.45) is 0.105. The van der Waals surface area contributed by atoms with Gasteiger partial charge in [-0.15, -0.1) is 0 Å². The van der Waals surface area contributed by atoms with Gasteiger partial charge in [-0.1, -0.05) is 13.8 Å². The molecule has 0 atom stereocenters. The van der Waals surface area contributed by atoms with Crippen LogP contribution in [-0.4, -0.2) is 18.2 Å². The number of hydrogen-bond donors (Lipinski definition) is 1. The summed E-state index contributed by atoms with van der Waals surface area (Å²) in [7, 11) is 1.63. The van der Waals surface area contributed by atoms with Gasteiger partial charge in [0.25, 0.3) is 0 Å². The van der Waals surface area contributed by atoms with Crippen LogP contribution in [0.2, 0.25) is 0 Å². The van der Waals surface area contributed by atoms with Crippen LogP contribution in [0.5, 0.6) is 5.75 Å². The van der Waals surface area contributed by atoms with Crippen molar-refractivity contribution in [2.75, 3.05) is 7.11 Å². The predicted molar refractivity (Wildman–Crippen MR) is 75.4 cm³/mol. The zero-order chi connectivity index (χ0) is 14.1. The first kappa shape index (κ1) is 15.0. The lowest BCUT2D eigenvalue weighted by atomic mass is 9.77. The van der Waals surface area contributed by atoms with E-state index in [1.165, 1.54) is 0 Å². The van der Waals surface area contributed by atoms with E-state index in [1.807, 2.05) is 33.8 Å². The van der Waals surface area contributed by atoms with Crippen molar-refractivity contribution >= 4 is 21.9 Å². The number of aliphatic carboxylic acids is 1. The molecular formula is C14H19BrO3. The second-order valence-corrected chi connectivity index (χ2v) is 5.96. The molecule has 0 aliphatic heterocycles. The Morgan fingerprint density at radius 1 is 1.44 bits per heavy atom. The minimum Gasteiger partial charge on any atom is -0.496 e. The van der Waals surface area contributed by atoms with Crippen molar-refractivity contribution in [1.29, 1.82) is 0 Å². The Labute approximate surface area is 116 Å². The summed E-state index contributed by atoms with van der Waals surface area (Å²) in [5.41, 5.74) is 2.75. The molecular weight excluding hydrogens is 296 g/mol. The Hall–Kier alpha value is -1.03. The van der Waals surface area contributed by atoms with Crippen molar-refractivity contribution in [3.63, 3.8) is 0 Å². The lowest BCUT2D eigenvalue weighted by Crippen LogP contribution is -2.24. The number of carbonyl (C=O) groups is 1. The highest BCUT2D eigenvalue weighted by Gasteiger charge is 2.29. The number of methoxy groups -OCH3 is 1. The van der Waals surface area contributed by atoms with Crippen molar-refractivity contribution in [1.82, 2.24) is 0 Å². The molecule has 18 heavy (non-hydrogen) atoms.